The van der Waals surface area contributed by atoms with Crippen molar-refractivity contribution in [1.82, 2.24) is 0 Å². The zero-order valence-electron chi connectivity index (χ0n) is 8.11. The first-order valence-electron chi connectivity index (χ1n) is 4.63. The topological polar surface area (TPSA) is 72.3 Å². The normalized spacial score (nSPS) is 11.0. The van der Waals surface area contributed by atoms with Crippen LogP contribution in [0.15, 0.2) is 24.3 Å². The average Bonchev–Trinajstić information content (AvgIpc) is 2.21. The lowest BCUT2D eigenvalue weighted by Crippen LogP contribution is -1.95. The Labute approximate surface area is 84.0 Å². The second-order valence-electron chi connectivity index (χ2n) is 3.10. The number of benzene rings is 1. The van der Waals surface area contributed by atoms with Crippen molar-refractivity contribution < 1.29 is 5.11 Å². The van der Waals surface area contributed by atoms with Crippen LogP contribution in [0.2, 0.25) is 0 Å². The van der Waals surface area contributed by atoms with E-state index in [1.165, 1.54) is 0 Å². The number of hydrogen-bond donors (Lipinski definition) is 3. The maximum atomic E-state index is 8.99. The highest BCUT2D eigenvalue weighted by Gasteiger charge is 1.97. The van der Waals surface area contributed by atoms with Gasteiger partial charge in [-0.25, -0.2) is 0 Å². The summed E-state index contributed by atoms with van der Waals surface area (Å²) in [7, 11) is 0. The maximum Gasteiger partial charge on any atom is 0.0702 e. The van der Waals surface area contributed by atoms with Crippen molar-refractivity contribution in [3.8, 4) is 0 Å². The third-order valence-corrected chi connectivity index (χ3v) is 1.98. The second kappa shape index (κ2) is 5.42. The standard InChI is InChI=1S/C11H16N2O/c12-6-2-1-3-9-4-5-11(13)10(7-9)8-14/h1,3-5,7,14H,2,6,8,12-13H2. The molecule has 0 heterocycles. The molecule has 0 amide bonds. The van der Waals surface area contributed by atoms with E-state index in [1.807, 2.05) is 24.3 Å². The first-order chi connectivity index (χ1) is 6.77. The van der Waals surface area contributed by atoms with E-state index < -0.39 is 0 Å². The van der Waals surface area contributed by atoms with Crippen LogP contribution >= 0.6 is 0 Å². The van der Waals surface area contributed by atoms with Crippen molar-refractivity contribution in [3.63, 3.8) is 0 Å². The van der Waals surface area contributed by atoms with E-state index in [4.69, 9.17) is 16.6 Å². The highest BCUT2D eigenvalue weighted by molar-refractivity contribution is 5.57. The fraction of sp³-hybridized carbons (Fsp3) is 0.273. The van der Waals surface area contributed by atoms with Crippen LogP contribution < -0.4 is 11.5 Å². The van der Waals surface area contributed by atoms with E-state index >= 15 is 0 Å². The summed E-state index contributed by atoms with van der Waals surface area (Å²) in [5, 5.41) is 8.99. The Kier molecular flexibility index (Phi) is 4.16. The van der Waals surface area contributed by atoms with Crippen molar-refractivity contribution in [2.24, 2.45) is 5.73 Å². The summed E-state index contributed by atoms with van der Waals surface area (Å²) in [5.41, 5.74) is 13.4. The predicted octanol–water partition coefficient (Wildman–Crippen LogP) is 1.12. The quantitative estimate of drug-likeness (QED) is 0.626. The molecule has 0 saturated heterocycles. The highest BCUT2D eigenvalue weighted by Crippen LogP contribution is 2.15. The molecule has 1 rings (SSSR count). The van der Waals surface area contributed by atoms with Gasteiger partial charge in [0.1, 0.15) is 0 Å². The highest BCUT2D eigenvalue weighted by atomic mass is 16.3. The fourth-order valence-corrected chi connectivity index (χ4v) is 1.18. The summed E-state index contributed by atoms with van der Waals surface area (Å²) in [6.45, 7) is 0.628. The van der Waals surface area contributed by atoms with Crippen LogP contribution in [0.5, 0.6) is 0 Å². The molecule has 1 aromatic carbocycles. The molecule has 0 unspecified atom stereocenters. The molecule has 0 bridgehead atoms. The van der Waals surface area contributed by atoms with Gasteiger partial charge in [-0.3, -0.25) is 0 Å². The minimum Gasteiger partial charge on any atom is -0.398 e. The molecule has 0 aromatic heterocycles. The molecule has 0 atom stereocenters. The summed E-state index contributed by atoms with van der Waals surface area (Å²) in [5.74, 6) is 0. The molecule has 76 valence electrons. The van der Waals surface area contributed by atoms with Gasteiger partial charge in [0, 0.05) is 11.3 Å². The number of hydrogen-bond acceptors (Lipinski definition) is 3. The Morgan fingerprint density at radius 3 is 2.79 bits per heavy atom. The van der Waals surface area contributed by atoms with Crippen LogP contribution in [0.3, 0.4) is 0 Å². The summed E-state index contributed by atoms with van der Waals surface area (Å²) < 4.78 is 0. The van der Waals surface area contributed by atoms with Crippen molar-refractivity contribution in [2.75, 3.05) is 12.3 Å². The van der Waals surface area contributed by atoms with E-state index in [9.17, 15) is 0 Å². The number of aliphatic hydroxyl groups excluding tert-OH is 1. The number of aliphatic hydroxyl groups is 1. The number of nitrogens with two attached hydrogens (primary N) is 2. The van der Waals surface area contributed by atoms with Crippen molar-refractivity contribution in [1.29, 1.82) is 0 Å². The lowest BCUT2D eigenvalue weighted by atomic mass is 10.1. The first kappa shape index (κ1) is 10.8. The van der Waals surface area contributed by atoms with Crippen LogP contribution in [0.4, 0.5) is 5.69 Å². The zero-order chi connectivity index (χ0) is 10.4. The molecule has 1 aromatic rings. The summed E-state index contributed by atoms with van der Waals surface area (Å²) in [4.78, 5) is 0. The van der Waals surface area contributed by atoms with E-state index in [0.717, 1.165) is 17.5 Å². The summed E-state index contributed by atoms with van der Waals surface area (Å²) in [6.07, 6.45) is 4.84. The van der Waals surface area contributed by atoms with Crippen LogP contribution in [-0.4, -0.2) is 11.7 Å². The molecule has 3 heteroatoms. The second-order valence-corrected chi connectivity index (χ2v) is 3.10. The van der Waals surface area contributed by atoms with E-state index in [-0.39, 0.29) is 6.61 Å². The molecule has 0 saturated carbocycles. The third-order valence-electron chi connectivity index (χ3n) is 1.98. The van der Waals surface area contributed by atoms with Gasteiger partial charge >= 0.3 is 0 Å². The Bertz CT molecular complexity index is 321. The van der Waals surface area contributed by atoms with Crippen LogP contribution in [-0.2, 0) is 6.61 Å². The molecule has 5 N–H and O–H groups in total. The van der Waals surface area contributed by atoms with Crippen molar-refractivity contribution >= 4 is 11.8 Å². The number of nitrogen functional groups attached to an aromatic ring is 1. The molecule has 0 aliphatic heterocycles. The molecular formula is C11H16N2O. The molecule has 0 spiro atoms. The molecule has 0 aliphatic rings. The van der Waals surface area contributed by atoms with Crippen molar-refractivity contribution in [2.45, 2.75) is 13.0 Å². The third kappa shape index (κ3) is 2.87. The van der Waals surface area contributed by atoms with E-state index in [1.54, 1.807) is 6.07 Å². The van der Waals surface area contributed by atoms with Crippen LogP contribution in [0.1, 0.15) is 17.5 Å². The minimum atomic E-state index is -0.0234. The summed E-state index contributed by atoms with van der Waals surface area (Å²) in [6, 6.07) is 5.59. The fourth-order valence-electron chi connectivity index (χ4n) is 1.18. The SMILES string of the molecule is NCCC=Cc1ccc(N)c(CO)c1. The largest absolute Gasteiger partial charge is 0.398 e. The Hall–Kier alpha value is -1.32. The first-order valence-corrected chi connectivity index (χ1v) is 4.63. The molecule has 0 fully saturated rings. The van der Waals surface area contributed by atoms with Gasteiger partial charge in [-0.05, 0) is 30.7 Å². The molecule has 0 aliphatic carbocycles. The number of rotatable bonds is 4. The smallest absolute Gasteiger partial charge is 0.0702 e. The van der Waals surface area contributed by atoms with E-state index in [2.05, 4.69) is 0 Å². The van der Waals surface area contributed by atoms with Crippen LogP contribution in [0.25, 0.3) is 6.08 Å². The van der Waals surface area contributed by atoms with Gasteiger partial charge in [-0.1, -0.05) is 18.2 Å². The Morgan fingerprint density at radius 2 is 2.14 bits per heavy atom. The lowest BCUT2D eigenvalue weighted by Gasteiger charge is -2.02. The number of anilines is 1. The summed E-state index contributed by atoms with van der Waals surface area (Å²) >= 11 is 0. The monoisotopic (exact) mass is 192 g/mol. The molecule has 14 heavy (non-hydrogen) atoms. The van der Waals surface area contributed by atoms with E-state index in [0.29, 0.717) is 12.2 Å². The molecule has 0 radical (unpaired) electrons. The van der Waals surface area contributed by atoms with Gasteiger partial charge in [-0.15, -0.1) is 0 Å². The maximum absolute atomic E-state index is 8.99. The van der Waals surface area contributed by atoms with Gasteiger partial charge < -0.3 is 16.6 Å². The van der Waals surface area contributed by atoms with Crippen LogP contribution in [0, 0.1) is 0 Å². The lowest BCUT2D eigenvalue weighted by molar-refractivity contribution is 0.282. The van der Waals surface area contributed by atoms with Gasteiger partial charge in [0.05, 0.1) is 6.61 Å². The van der Waals surface area contributed by atoms with Gasteiger partial charge in [0.2, 0.25) is 0 Å². The predicted molar refractivity (Wildman–Crippen MR) is 59.5 cm³/mol. The van der Waals surface area contributed by atoms with Gasteiger partial charge in [0.25, 0.3) is 0 Å². The van der Waals surface area contributed by atoms with Crippen molar-refractivity contribution in [3.05, 3.63) is 35.4 Å². The van der Waals surface area contributed by atoms with Gasteiger partial charge in [0.15, 0.2) is 0 Å². The Balaban J connectivity index is 2.79. The minimum absolute atomic E-state index is 0.0234. The average molecular weight is 192 g/mol. The molecular weight excluding hydrogens is 176 g/mol. The zero-order valence-corrected chi connectivity index (χ0v) is 8.11. The van der Waals surface area contributed by atoms with Gasteiger partial charge in [-0.2, -0.15) is 0 Å². The Morgan fingerprint density at radius 1 is 1.36 bits per heavy atom. The molecule has 3 nitrogen and oxygen atoms in total.